The van der Waals surface area contributed by atoms with Gasteiger partial charge in [0, 0.05) is 34.1 Å². The topological polar surface area (TPSA) is 181 Å². The van der Waals surface area contributed by atoms with Crippen LogP contribution in [0.5, 0.6) is 0 Å². The first-order chi connectivity index (χ1) is 22.3. The molecule has 0 spiro atoms. The molecule has 2 saturated carbocycles. The van der Waals surface area contributed by atoms with Crippen molar-refractivity contribution in [3.8, 4) is 0 Å². The maximum atomic E-state index is 13.9. The molecule has 0 amide bonds. The molecule has 1 heterocycles. The van der Waals surface area contributed by atoms with E-state index in [0.29, 0.717) is 5.57 Å². The van der Waals surface area contributed by atoms with E-state index in [1.165, 1.54) is 46.8 Å². The van der Waals surface area contributed by atoms with Gasteiger partial charge >= 0.3 is 29.8 Å². The van der Waals surface area contributed by atoms with Gasteiger partial charge in [-0.3, -0.25) is 19.2 Å². The number of carbonyl (C=O) groups excluding carboxylic acids is 5. The number of fused-ring (bicyclic) bond motifs is 4. The fourth-order valence-electron chi connectivity index (χ4n) is 8.97. The Morgan fingerprint density at radius 2 is 1.46 bits per heavy atom. The van der Waals surface area contributed by atoms with Gasteiger partial charge in [0.1, 0.15) is 18.3 Å². The fraction of sp³-hybridized carbons (Fsp3) is 0.629. The zero-order valence-corrected chi connectivity index (χ0v) is 28.4. The van der Waals surface area contributed by atoms with Gasteiger partial charge in [0.25, 0.3) is 0 Å². The Bertz CT molecular complexity index is 1530. The van der Waals surface area contributed by atoms with Gasteiger partial charge in [-0.2, -0.15) is 0 Å². The Balaban J connectivity index is 1.93. The number of esters is 5. The molecule has 0 aromatic heterocycles. The first-order valence-electron chi connectivity index (χ1n) is 16.0. The number of aliphatic hydroxyl groups is 2. The summed E-state index contributed by atoms with van der Waals surface area (Å²) < 4.78 is 36.7. The van der Waals surface area contributed by atoms with Crippen molar-refractivity contribution in [1.29, 1.82) is 0 Å². The molecule has 3 fully saturated rings. The summed E-state index contributed by atoms with van der Waals surface area (Å²) in [5, 5.41) is 23.9. The number of ether oxygens (including phenoxy) is 6. The normalized spacial score (nSPS) is 37.0. The van der Waals surface area contributed by atoms with Crippen molar-refractivity contribution in [1.82, 2.24) is 0 Å². The molecule has 262 valence electrons. The van der Waals surface area contributed by atoms with E-state index >= 15 is 0 Å². The van der Waals surface area contributed by atoms with E-state index in [-0.39, 0.29) is 30.6 Å². The molecule has 5 rings (SSSR count). The number of benzene rings is 1. The molecule has 4 aliphatic rings. The van der Waals surface area contributed by atoms with Gasteiger partial charge in [-0.25, -0.2) is 4.79 Å². The second-order valence-corrected chi connectivity index (χ2v) is 14.1. The van der Waals surface area contributed by atoms with Crippen LogP contribution in [-0.4, -0.2) is 94.5 Å². The average Bonchev–Trinajstić information content (AvgIpc) is 3.21. The van der Waals surface area contributed by atoms with E-state index in [1.54, 1.807) is 32.0 Å². The first-order valence-corrected chi connectivity index (χ1v) is 16.0. The molecule has 3 aliphatic carbocycles. The summed E-state index contributed by atoms with van der Waals surface area (Å²) in [6.45, 7) is 10.8. The maximum Gasteiger partial charge on any atom is 0.338 e. The van der Waals surface area contributed by atoms with Gasteiger partial charge in [-0.1, -0.05) is 25.1 Å². The minimum atomic E-state index is -1.84. The van der Waals surface area contributed by atoms with Gasteiger partial charge in [0.2, 0.25) is 0 Å². The van der Waals surface area contributed by atoms with Crippen LogP contribution in [0.4, 0.5) is 0 Å². The molecule has 1 aromatic rings. The highest BCUT2D eigenvalue weighted by atomic mass is 16.6. The molecule has 2 unspecified atom stereocenters. The number of hydrogen-bond acceptors (Lipinski definition) is 13. The molecule has 10 atom stereocenters. The fourth-order valence-corrected chi connectivity index (χ4v) is 8.97. The highest BCUT2D eigenvalue weighted by Gasteiger charge is 2.80. The lowest BCUT2D eigenvalue weighted by Gasteiger charge is -2.65. The molecule has 1 aliphatic heterocycles. The summed E-state index contributed by atoms with van der Waals surface area (Å²) in [7, 11) is 0. The Labute approximate surface area is 278 Å². The quantitative estimate of drug-likeness (QED) is 0.245. The second kappa shape index (κ2) is 12.3. The zero-order chi connectivity index (χ0) is 35.6. The lowest BCUT2D eigenvalue weighted by molar-refractivity contribution is -0.352. The van der Waals surface area contributed by atoms with Crippen LogP contribution in [0.1, 0.15) is 78.6 Å². The maximum absolute atomic E-state index is 13.9. The summed E-state index contributed by atoms with van der Waals surface area (Å²) in [4.78, 5) is 65.7. The summed E-state index contributed by atoms with van der Waals surface area (Å²) in [5.74, 6) is -4.96. The van der Waals surface area contributed by atoms with E-state index in [9.17, 15) is 34.2 Å². The minimum Gasteiger partial charge on any atom is -0.462 e. The van der Waals surface area contributed by atoms with Gasteiger partial charge in [0.05, 0.1) is 40.6 Å². The monoisotopic (exact) mass is 672 g/mol. The summed E-state index contributed by atoms with van der Waals surface area (Å²) in [6.07, 6.45) is -7.94. The Hall–Kier alpha value is -3.81. The van der Waals surface area contributed by atoms with Crippen molar-refractivity contribution in [3.63, 3.8) is 0 Å². The van der Waals surface area contributed by atoms with Crippen molar-refractivity contribution in [3.05, 3.63) is 47.0 Å². The minimum absolute atomic E-state index is 0.0278. The van der Waals surface area contributed by atoms with Crippen LogP contribution in [0.2, 0.25) is 0 Å². The Morgan fingerprint density at radius 3 is 1.96 bits per heavy atom. The lowest BCUT2D eigenvalue weighted by Crippen LogP contribution is -2.79. The van der Waals surface area contributed by atoms with Crippen LogP contribution in [-0.2, 0) is 47.6 Å². The van der Waals surface area contributed by atoms with Gasteiger partial charge in [-0.15, -0.1) is 0 Å². The molecule has 48 heavy (non-hydrogen) atoms. The van der Waals surface area contributed by atoms with Gasteiger partial charge in [-0.05, 0) is 50.5 Å². The molecule has 13 heteroatoms. The molecule has 0 radical (unpaired) electrons. The molecule has 0 bridgehead atoms. The Kier molecular flexibility index (Phi) is 9.07. The summed E-state index contributed by atoms with van der Waals surface area (Å²) in [6, 6.07) is 8.08. The van der Waals surface area contributed by atoms with Crippen LogP contribution < -0.4 is 0 Å². The molecule has 1 saturated heterocycles. The van der Waals surface area contributed by atoms with E-state index in [4.69, 9.17) is 28.4 Å². The smallest absolute Gasteiger partial charge is 0.338 e. The SMILES string of the molecule is CC(=O)OC1C2[C@@](C)([C@@H](OC(C)=O)C[C@H]3OC[C@@]23OC(C)=O)[C@@H](OC(C)=O)[C@H](OC(=O)c2ccccc2)C2=C(C)[C@@H](O)C[C@]21C(C)(C)O. The number of rotatable bonds is 7. The molecular weight excluding hydrogens is 628 g/mol. The molecule has 13 nitrogen and oxygen atoms in total. The zero-order valence-electron chi connectivity index (χ0n) is 28.4. The van der Waals surface area contributed by atoms with Crippen LogP contribution >= 0.6 is 0 Å². The summed E-state index contributed by atoms with van der Waals surface area (Å²) >= 11 is 0. The average molecular weight is 673 g/mol. The van der Waals surface area contributed by atoms with Crippen molar-refractivity contribution in [2.24, 2.45) is 16.7 Å². The largest absolute Gasteiger partial charge is 0.462 e. The summed E-state index contributed by atoms with van der Waals surface area (Å²) in [5.41, 5.74) is -6.14. The van der Waals surface area contributed by atoms with Gasteiger partial charge < -0.3 is 38.6 Å². The van der Waals surface area contributed by atoms with Crippen molar-refractivity contribution < 1.29 is 62.6 Å². The highest BCUT2D eigenvalue weighted by molar-refractivity contribution is 5.89. The molecule has 2 N–H and O–H groups in total. The second-order valence-electron chi connectivity index (χ2n) is 14.1. The lowest BCUT2D eigenvalue weighted by atomic mass is 9.49. The molecule has 1 aromatic carbocycles. The van der Waals surface area contributed by atoms with E-state index < -0.39 is 94.4 Å². The Morgan fingerprint density at radius 1 is 0.875 bits per heavy atom. The molecular formula is C35H44O13. The van der Waals surface area contributed by atoms with Crippen LogP contribution in [0.3, 0.4) is 0 Å². The predicted molar refractivity (Wildman–Crippen MR) is 165 cm³/mol. The third-order valence-corrected chi connectivity index (χ3v) is 10.8. The highest BCUT2D eigenvalue weighted by Crippen LogP contribution is 2.68. The number of carbonyl (C=O) groups is 5. The van der Waals surface area contributed by atoms with Crippen LogP contribution in [0.15, 0.2) is 41.5 Å². The van der Waals surface area contributed by atoms with Crippen molar-refractivity contribution >= 4 is 29.8 Å². The standard InChI is InChI=1S/C35H44O13/c1-17-23(40)15-34(32(6,7)42)26(17)27(47-31(41)22-12-10-9-11-13-22)29(45-19(3)37)33(8)24(44-18(2)36)14-25-35(16-43-25,48-21(5)39)28(33)30(34)46-20(4)38/h9-13,23-25,27-30,40,42H,14-16H2,1-8H3/t23-,24-,25+,27+,28?,29-,30?,33+,34-,35-/m0/s1. The van der Waals surface area contributed by atoms with E-state index in [2.05, 4.69) is 0 Å². The van der Waals surface area contributed by atoms with Crippen LogP contribution in [0, 0.1) is 16.7 Å². The van der Waals surface area contributed by atoms with Crippen molar-refractivity contribution in [2.75, 3.05) is 6.61 Å². The third-order valence-electron chi connectivity index (χ3n) is 10.8. The van der Waals surface area contributed by atoms with Gasteiger partial charge in [0.15, 0.2) is 17.8 Å². The van der Waals surface area contributed by atoms with Crippen LogP contribution in [0.25, 0.3) is 0 Å². The van der Waals surface area contributed by atoms with E-state index in [0.717, 1.165) is 6.92 Å². The number of aliphatic hydroxyl groups excluding tert-OH is 1. The number of hydrogen-bond donors (Lipinski definition) is 2. The first kappa shape index (κ1) is 35.5. The van der Waals surface area contributed by atoms with Crippen molar-refractivity contribution in [2.45, 2.75) is 116 Å². The third kappa shape index (κ3) is 5.39. The van der Waals surface area contributed by atoms with E-state index in [1.807, 2.05) is 0 Å². The predicted octanol–water partition coefficient (Wildman–Crippen LogP) is 2.59.